The molecule has 0 bridgehead atoms. The molecule has 1 saturated carbocycles. The van der Waals surface area contributed by atoms with Crippen LogP contribution >= 0.6 is 11.6 Å². The van der Waals surface area contributed by atoms with Gasteiger partial charge >= 0.3 is 0 Å². The predicted octanol–water partition coefficient (Wildman–Crippen LogP) is 2.85. The number of aromatic nitrogens is 4. The third kappa shape index (κ3) is 2.03. The number of halogens is 1. The first-order chi connectivity index (χ1) is 8.78. The zero-order valence-electron chi connectivity index (χ0n) is 10.4. The predicted molar refractivity (Wildman–Crippen MR) is 71.9 cm³/mol. The zero-order chi connectivity index (χ0) is 12.5. The van der Waals surface area contributed by atoms with E-state index in [1.165, 1.54) is 25.7 Å². The number of hydrogen-bond acceptors (Lipinski definition) is 4. The third-order valence-electron chi connectivity index (χ3n) is 3.48. The number of nitrogens with zero attached hydrogens (tertiary/aromatic N) is 4. The lowest BCUT2D eigenvalue weighted by Crippen LogP contribution is -2.16. The van der Waals surface area contributed by atoms with E-state index in [0.29, 0.717) is 11.7 Å². The van der Waals surface area contributed by atoms with Crippen LogP contribution in [0.1, 0.15) is 32.6 Å². The van der Waals surface area contributed by atoms with Crippen molar-refractivity contribution in [3.63, 3.8) is 0 Å². The summed E-state index contributed by atoms with van der Waals surface area (Å²) in [7, 11) is 0. The molecule has 0 radical (unpaired) electrons. The normalized spacial score (nSPS) is 16.6. The summed E-state index contributed by atoms with van der Waals surface area (Å²) < 4.78 is 2.04. The standard InChI is InChI=1S/C12H16ClN5/c1-2-18-7-14-10-9(18)11(17-12(13)16-10)15-8-5-3-4-6-8/h7-8H,2-6H2,1H3,(H,15,16,17). The number of fused-ring (bicyclic) bond motifs is 1. The van der Waals surface area contributed by atoms with Crippen LogP contribution in [-0.2, 0) is 6.54 Å². The first kappa shape index (κ1) is 11.7. The first-order valence-corrected chi connectivity index (χ1v) is 6.80. The van der Waals surface area contributed by atoms with Gasteiger partial charge in [0.25, 0.3) is 0 Å². The van der Waals surface area contributed by atoms with Crippen LogP contribution < -0.4 is 5.32 Å². The Balaban J connectivity index is 2.04. The van der Waals surface area contributed by atoms with Gasteiger partial charge in [0.1, 0.15) is 5.52 Å². The van der Waals surface area contributed by atoms with E-state index < -0.39 is 0 Å². The maximum atomic E-state index is 5.95. The van der Waals surface area contributed by atoms with Crippen molar-refractivity contribution in [3.8, 4) is 0 Å². The highest BCUT2D eigenvalue weighted by atomic mass is 35.5. The van der Waals surface area contributed by atoms with Crippen LogP contribution in [0.2, 0.25) is 5.28 Å². The molecule has 1 N–H and O–H groups in total. The molecule has 0 saturated heterocycles. The lowest BCUT2D eigenvalue weighted by molar-refractivity contribution is 0.745. The molecule has 6 heteroatoms. The summed E-state index contributed by atoms with van der Waals surface area (Å²) in [6.45, 7) is 2.93. The second kappa shape index (κ2) is 4.72. The van der Waals surface area contributed by atoms with Crippen LogP contribution in [0.25, 0.3) is 11.2 Å². The molecule has 2 aromatic rings. The molecule has 0 atom stereocenters. The van der Waals surface area contributed by atoms with Crippen LogP contribution in [0.15, 0.2) is 6.33 Å². The Labute approximate surface area is 111 Å². The summed E-state index contributed by atoms with van der Waals surface area (Å²) in [5.74, 6) is 0.816. The summed E-state index contributed by atoms with van der Waals surface area (Å²) in [6.07, 6.45) is 6.75. The van der Waals surface area contributed by atoms with Gasteiger partial charge in [-0.25, -0.2) is 4.98 Å². The minimum Gasteiger partial charge on any atom is -0.365 e. The second-order valence-corrected chi connectivity index (χ2v) is 5.01. The van der Waals surface area contributed by atoms with Crippen molar-refractivity contribution in [2.45, 2.75) is 45.2 Å². The molecular weight excluding hydrogens is 250 g/mol. The molecule has 2 heterocycles. The van der Waals surface area contributed by atoms with Crippen molar-refractivity contribution in [2.75, 3.05) is 5.32 Å². The Bertz CT molecular complexity index is 559. The first-order valence-electron chi connectivity index (χ1n) is 6.43. The van der Waals surface area contributed by atoms with Crippen LogP contribution in [-0.4, -0.2) is 25.6 Å². The van der Waals surface area contributed by atoms with E-state index in [-0.39, 0.29) is 5.28 Å². The molecule has 96 valence electrons. The van der Waals surface area contributed by atoms with Gasteiger partial charge in [0.05, 0.1) is 6.33 Å². The molecule has 0 aliphatic heterocycles. The molecule has 5 nitrogen and oxygen atoms in total. The zero-order valence-corrected chi connectivity index (χ0v) is 11.1. The van der Waals surface area contributed by atoms with E-state index in [0.717, 1.165) is 17.9 Å². The largest absolute Gasteiger partial charge is 0.365 e. The number of nitrogens with one attached hydrogen (secondary N) is 1. The van der Waals surface area contributed by atoms with Gasteiger partial charge in [-0.05, 0) is 31.4 Å². The van der Waals surface area contributed by atoms with Gasteiger partial charge in [-0.3, -0.25) is 0 Å². The molecule has 0 aromatic carbocycles. The number of imidazole rings is 1. The van der Waals surface area contributed by atoms with Crippen LogP contribution in [0, 0.1) is 0 Å². The molecule has 1 aliphatic rings. The van der Waals surface area contributed by atoms with Crippen molar-refractivity contribution >= 4 is 28.6 Å². The van der Waals surface area contributed by atoms with E-state index in [2.05, 4.69) is 27.2 Å². The highest BCUT2D eigenvalue weighted by Crippen LogP contribution is 2.26. The van der Waals surface area contributed by atoms with Crippen LogP contribution in [0.5, 0.6) is 0 Å². The van der Waals surface area contributed by atoms with Crippen molar-refractivity contribution in [1.82, 2.24) is 19.5 Å². The summed E-state index contributed by atoms with van der Waals surface area (Å²) in [5, 5.41) is 3.74. The van der Waals surface area contributed by atoms with Gasteiger partial charge < -0.3 is 9.88 Å². The molecule has 2 aromatic heterocycles. The summed E-state index contributed by atoms with van der Waals surface area (Å²) in [5.41, 5.74) is 1.62. The molecule has 1 fully saturated rings. The molecule has 0 amide bonds. The Morgan fingerprint density at radius 2 is 2.17 bits per heavy atom. The van der Waals surface area contributed by atoms with Crippen molar-refractivity contribution in [2.24, 2.45) is 0 Å². The van der Waals surface area contributed by atoms with Gasteiger partial charge in [-0.2, -0.15) is 9.97 Å². The minimum atomic E-state index is 0.254. The molecule has 1 aliphatic carbocycles. The van der Waals surface area contributed by atoms with E-state index >= 15 is 0 Å². The molecular formula is C12H16ClN5. The highest BCUT2D eigenvalue weighted by Gasteiger charge is 2.19. The molecule has 0 spiro atoms. The van der Waals surface area contributed by atoms with E-state index in [4.69, 9.17) is 11.6 Å². The SMILES string of the molecule is CCn1cnc2nc(Cl)nc(NC3CCCC3)c21. The third-order valence-corrected chi connectivity index (χ3v) is 3.65. The van der Waals surface area contributed by atoms with Gasteiger partial charge in [0.15, 0.2) is 11.5 Å². The topological polar surface area (TPSA) is 55.6 Å². The molecule has 0 unspecified atom stereocenters. The quantitative estimate of drug-likeness (QED) is 0.867. The Hall–Kier alpha value is -1.36. The van der Waals surface area contributed by atoms with E-state index in [1.54, 1.807) is 6.33 Å². The fourth-order valence-corrected chi connectivity index (χ4v) is 2.72. The number of rotatable bonds is 3. The number of hydrogen-bond donors (Lipinski definition) is 1. The second-order valence-electron chi connectivity index (χ2n) is 4.67. The summed E-state index contributed by atoms with van der Waals surface area (Å²) in [4.78, 5) is 12.8. The lowest BCUT2D eigenvalue weighted by Gasteiger charge is -2.14. The number of aryl methyl sites for hydroxylation is 1. The monoisotopic (exact) mass is 265 g/mol. The van der Waals surface area contributed by atoms with Gasteiger partial charge in [-0.1, -0.05) is 12.8 Å². The summed E-state index contributed by atoms with van der Waals surface area (Å²) >= 11 is 5.95. The van der Waals surface area contributed by atoms with Crippen molar-refractivity contribution in [3.05, 3.63) is 11.6 Å². The fraction of sp³-hybridized carbons (Fsp3) is 0.583. The maximum absolute atomic E-state index is 5.95. The van der Waals surface area contributed by atoms with E-state index in [9.17, 15) is 0 Å². The molecule has 3 rings (SSSR count). The average Bonchev–Trinajstić information content (AvgIpc) is 2.97. The Morgan fingerprint density at radius 1 is 1.39 bits per heavy atom. The Kier molecular flexibility index (Phi) is 3.07. The van der Waals surface area contributed by atoms with Gasteiger partial charge in [0, 0.05) is 12.6 Å². The highest BCUT2D eigenvalue weighted by molar-refractivity contribution is 6.28. The minimum absolute atomic E-state index is 0.254. The van der Waals surface area contributed by atoms with Gasteiger partial charge in [0.2, 0.25) is 5.28 Å². The smallest absolute Gasteiger partial charge is 0.226 e. The van der Waals surface area contributed by atoms with Crippen molar-refractivity contribution in [1.29, 1.82) is 0 Å². The summed E-state index contributed by atoms with van der Waals surface area (Å²) in [6, 6.07) is 0.499. The lowest BCUT2D eigenvalue weighted by atomic mass is 10.2. The molecule has 18 heavy (non-hydrogen) atoms. The average molecular weight is 266 g/mol. The number of anilines is 1. The Morgan fingerprint density at radius 3 is 2.89 bits per heavy atom. The van der Waals surface area contributed by atoms with E-state index in [1.807, 2.05) is 4.57 Å². The van der Waals surface area contributed by atoms with Crippen LogP contribution in [0.3, 0.4) is 0 Å². The maximum Gasteiger partial charge on any atom is 0.226 e. The van der Waals surface area contributed by atoms with Crippen LogP contribution in [0.4, 0.5) is 5.82 Å². The van der Waals surface area contributed by atoms with Crippen molar-refractivity contribution < 1.29 is 0 Å². The fourth-order valence-electron chi connectivity index (χ4n) is 2.56. The van der Waals surface area contributed by atoms with Gasteiger partial charge in [-0.15, -0.1) is 0 Å².